The van der Waals surface area contributed by atoms with Crippen LogP contribution in [0.5, 0.6) is 5.75 Å². The van der Waals surface area contributed by atoms with E-state index in [-0.39, 0.29) is 4.90 Å². The van der Waals surface area contributed by atoms with Gasteiger partial charge in [0, 0.05) is 4.47 Å². The van der Waals surface area contributed by atoms with Gasteiger partial charge in [-0.25, -0.2) is 0 Å². The third-order valence-corrected chi connectivity index (χ3v) is 4.94. The van der Waals surface area contributed by atoms with E-state index >= 15 is 0 Å². The lowest BCUT2D eigenvalue weighted by Gasteiger charge is -2.08. The lowest BCUT2D eigenvalue weighted by molar-refractivity contribution is 0.415. The zero-order valence-corrected chi connectivity index (χ0v) is 15.2. The van der Waals surface area contributed by atoms with Crippen LogP contribution in [-0.2, 0) is 10.0 Å². The zero-order valence-electron chi connectivity index (χ0n) is 12.8. The summed E-state index contributed by atoms with van der Waals surface area (Å²) in [5, 5.41) is 4.06. The molecule has 0 aliphatic rings. The van der Waals surface area contributed by atoms with E-state index in [2.05, 4.69) is 25.9 Å². The van der Waals surface area contributed by atoms with Crippen molar-refractivity contribution < 1.29 is 13.2 Å². The van der Waals surface area contributed by atoms with E-state index in [1.54, 1.807) is 19.2 Å². The van der Waals surface area contributed by atoms with Gasteiger partial charge < -0.3 is 4.74 Å². The fraction of sp³-hybridized carbons (Fsp3) is 0.188. The van der Waals surface area contributed by atoms with Gasteiger partial charge in [-0.1, -0.05) is 22.9 Å². The summed E-state index contributed by atoms with van der Waals surface area (Å²) in [6.45, 7) is 1.91. The highest BCUT2D eigenvalue weighted by Gasteiger charge is 2.13. The molecule has 7 heteroatoms. The van der Waals surface area contributed by atoms with Crippen LogP contribution in [-0.4, -0.2) is 21.2 Å². The highest BCUT2D eigenvalue weighted by Crippen LogP contribution is 2.16. The number of hydrogen-bond acceptors (Lipinski definition) is 4. The first-order valence-electron chi connectivity index (χ1n) is 6.94. The standard InChI is InChI=1S/C16H17BrN2O3S/c1-3-16(12-4-8-14(22-2)9-5-12)18-19-23(20,21)15-10-6-13(17)7-11-15/h4-11,19H,3H2,1-2H3. The van der Waals surface area contributed by atoms with E-state index in [9.17, 15) is 8.42 Å². The van der Waals surface area contributed by atoms with Crippen LogP contribution in [0.1, 0.15) is 18.9 Å². The fourth-order valence-corrected chi connectivity index (χ4v) is 3.01. The maximum Gasteiger partial charge on any atom is 0.276 e. The van der Waals surface area contributed by atoms with Crippen molar-refractivity contribution in [3.8, 4) is 5.75 Å². The van der Waals surface area contributed by atoms with Crippen molar-refractivity contribution in [1.29, 1.82) is 0 Å². The van der Waals surface area contributed by atoms with Crippen molar-refractivity contribution in [1.82, 2.24) is 4.83 Å². The van der Waals surface area contributed by atoms with Crippen molar-refractivity contribution in [3.05, 3.63) is 58.6 Å². The molecule has 122 valence electrons. The highest BCUT2D eigenvalue weighted by molar-refractivity contribution is 9.10. The molecule has 1 N–H and O–H groups in total. The average Bonchev–Trinajstić information content (AvgIpc) is 2.56. The average molecular weight is 397 g/mol. The summed E-state index contributed by atoms with van der Waals surface area (Å²) >= 11 is 3.27. The Bertz CT molecular complexity index is 785. The summed E-state index contributed by atoms with van der Waals surface area (Å²) in [7, 11) is -2.09. The summed E-state index contributed by atoms with van der Waals surface area (Å²) in [4.78, 5) is 2.45. The topological polar surface area (TPSA) is 67.8 Å². The molecule has 2 rings (SSSR count). The molecule has 0 aromatic heterocycles. The summed E-state index contributed by atoms with van der Waals surface area (Å²) in [5.41, 5.74) is 1.49. The molecule has 0 saturated carbocycles. The summed E-state index contributed by atoms with van der Waals surface area (Å²) in [6.07, 6.45) is 0.592. The molecule has 0 atom stereocenters. The second-order valence-electron chi connectivity index (χ2n) is 4.69. The lowest BCUT2D eigenvalue weighted by Crippen LogP contribution is -2.20. The number of methoxy groups -OCH3 is 1. The first kappa shape index (κ1) is 17.5. The third kappa shape index (κ3) is 4.56. The first-order chi connectivity index (χ1) is 11.0. The van der Waals surface area contributed by atoms with Gasteiger partial charge in [-0.3, -0.25) is 0 Å². The van der Waals surface area contributed by atoms with Crippen LogP contribution in [0.25, 0.3) is 0 Å². The Kier molecular flexibility index (Phi) is 5.79. The van der Waals surface area contributed by atoms with Crippen LogP contribution in [0, 0.1) is 0 Å². The molecule has 0 saturated heterocycles. The van der Waals surface area contributed by atoms with E-state index in [1.807, 2.05) is 31.2 Å². The Labute approximate surface area is 144 Å². The smallest absolute Gasteiger partial charge is 0.276 e. The number of ether oxygens (including phenoxy) is 1. The van der Waals surface area contributed by atoms with Crippen molar-refractivity contribution in [2.45, 2.75) is 18.2 Å². The Morgan fingerprint density at radius 2 is 1.74 bits per heavy atom. The van der Waals surface area contributed by atoms with Gasteiger partial charge in [-0.05, 0) is 60.5 Å². The number of nitrogens with zero attached hydrogens (tertiary/aromatic N) is 1. The van der Waals surface area contributed by atoms with Gasteiger partial charge in [-0.15, -0.1) is 0 Å². The van der Waals surface area contributed by atoms with E-state index < -0.39 is 10.0 Å². The van der Waals surface area contributed by atoms with E-state index in [1.165, 1.54) is 12.1 Å². The Morgan fingerprint density at radius 1 is 1.13 bits per heavy atom. The first-order valence-corrected chi connectivity index (χ1v) is 9.22. The summed E-state index contributed by atoms with van der Waals surface area (Å²) in [5.74, 6) is 0.736. The van der Waals surface area contributed by atoms with Gasteiger partial charge in [0.2, 0.25) is 0 Å². The number of hydrogen-bond donors (Lipinski definition) is 1. The molecule has 0 fully saturated rings. The zero-order chi connectivity index (χ0) is 16.9. The number of nitrogens with one attached hydrogen (secondary N) is 1. The fourth-order valence-electron chi connectivity index (χ4n) is 1.91. The van der Waals surface area contributed by atoms with E-state index in [0.717, 1.165) is 15.8 Å². The van der Waals surface area contributed by atoms with Crippen molar-refractivity contribution in [3.63, 3.8) is 0 Å². The van der Waals surface area contributed by atoms with Gasteiger partial charge in [0.15, 0.2) is 0 Å². The van der Waals surface area contributed by atoms with Crippen molar-refractivity contribution in [2.24, 2.45) is 5.10 Å². The maximum atomic E-state index is 12.2. The summed E-state index contributed by atoms with van der Waals surface area (Å²) < 4.78 is 30.4. The van der Waals surface area contributed by atoms with Gasteiger partial charge >= 0.3 is 0 Å². The second kappa shape index (κ2) is 7.61. The van der Waals surface area contributed by atoms with E-state index in [0.29, 0.717) is 12.1 Å². The number of halogens is 1. The molecule has 0 bridgehead atoms. The minimum Gasteiger partial charge on any atom is -0.497 e. The van der Waals surface area contributed by atoms with Crippen LogP contribution in [0.15, 0.2) is 63.0 Å². The molecule has 0 unspecified atom stereocenters. The number of hydrazone groups is 1. The molecule has 0 aliphatic heterocycles. The molecule has 0 heterocycles. The van der Waals surface area contributed by atoms with Gasteiger partial charge in [-0.2, -0.15) is 18.4 Å². The number of rotatable bonds is 6. The van der Waals surface area contributed by atoms with Crippen LogP contribution in [0.4, 0.5) is 0 Å². The van der Waals surface area contributed by atoms with Crippen LogP contribution < -0.4 is 9.57 Å². The van der Waals surface area contributed by atoms with Crippen LogP contribution in [0.2, 0.25) is 0 Å². The van der Waals surface area contributed by atoms with Crippen LogP contribution >= 0.6 is 15.9 Å². The van der Waals surface area contributed by atoms with E-state index in [4.69, 9.17) is 4.74 Å². The molecule has 2 aromatic carbocycles. The highest BCUT2D eigenvalue weighted by atomic mass is 79.9. The number of sulfonamides is 1. The molecule has 0 spiro atoms. The third-order valence-electron chi connectivity index (χ3n) is 3.18. The van der Waals surface area contributed by atoms with Crippen LogP contribution in [0.3, 0.4) is 0 Å². The summed E-state index contributed by atoms with van der Waals surface area (Å²) in [6, 6.07) is 13.7. The van der Waals surface area contributed by atoms with Gasteiger partial charge in [0.25, 0.3) is 10.0 Å². The van der Waals surface area contributed by atoms with Gasteiger partial charge in [0.05, 0.1) is 17.7 Å². The quantitative estimate of drug-likeness (QED) is 0.599. The molecule has 0 aliphatic carbocycles. The molecular formula is C16H17BrN2O3S. The minimum absolute atomic E-state index is 0.162. The Hall–Kier alpha value is -1.86. The SMILES string of the molecule is CCC(=NNS(=O)(=O)c1ccc(Br)cc1)c1ccc(OC)cc1. The van der Waals surface area contributed by atoms with Gasteiger partial charge in [0.1, 0.15) is 5.75 Å². The Morgan fingerprint density at radius 3 is 2.26 bits per heavy atom. The molecule has 0 radical (unpaired) electrons. The predicted molar refractivity (Wildman–Crippen MR) is 94.3 cm³/mol. The molecular weight excluding hydrogens is 380 g/mol. The largest absolute Gasteiger partial charge is 0.497 e. The second-order valence-corrected chi connectivity index (χ2v) is 7.27. The van der Waals surface area contributed by atoms with Crippen molar-refractivity contribution in [2.75, 3.05) is 7.11 Å². The molecule has 5 nitrogen and oxygen atoms in total. The molecule has 2 aromatic rings. The number of benzene rings is 2. The predicted octanol–water partition coefficient (Wildman–Crippen LogP) is 3.55. The lowest BCUT2D eigenvalue weighted by atomic mass is 10.1. The monoisotopic (exact) mass is 396 g/mol. The molecule has 23 heavy (non-hydrogen) atoms. The molecule has 0 amide bonds. The minimum atomic E-state index is -3.69. The normalized spacial score (nSPS) is 12.0. The Balaban J connectivity index is 2.22. The maximum absolute atomic E-state index is 12.2. The van der Waals surface area contributed by atoms with Crippen molar-refractivity contribution >= 4 is 31.7 Å².